The molecule has 1 N–H and O–H groups in total. The Balaban J connectivity index is 1.93. The minimum Gasteiger partial charge on any atom is -0.497 e. The van der Waals surface area contributed by atoms with E-state index in [4.69, 9.17) is 13.9 Å². The first-order valence-electron chi connectivity index (χ1n) is 7.76. The molecule has 124 valence electrons. The van der Waals surface area contributed by atoms with Gasteiger partial charge in [-0.1, -0.05) is 24.3 Å². The molecular formula is C19H19NO4. The summed E-state index contributed by atoms with van der Waals surface area (Å²) in [6.07, 6.45) is 0. The molecule has 5 nitrogen and oxygen atoms in total. The Morgan fingerprint density at radius 3 is 2.79 bits per heavy atom. The van der Waals surface area contributed by atoms with E-state index in [0.717, 1.165) is 10.9 Å². The van der Waals surface area contributed by atoms with Gasteiger partial charge in [-0.3, -0.25) is 4.79 Å². The van der Waals surface area contributed by atoms with Gasteiger partial charge in [-0.15, -0.1) is 0 Å². The number of furan rings is 1. The summed E-state index contributed by atoms with van der Waals surface area (Å²) in [7, 11) is 1.58. The molecule has 0 fully saturated rings. The Morgan fingerprint density at radius 2 is 2.00 bits per heavy atom. The first-order chi connectivity index (χ1) is 11.7. The Bertz CT molecular complexity index is 853. The number of amides is 1. The molecule has 0 aliphatic rings. The predicted molar refractivity (Wildman–Crippen MR) is 92.5 cm³/mol. The number of fused-ring (bicyclic) bond motifs is 1. The third-order valence-corrected chi connectivity index (χ3v) is 3.68. The maximum atomic E-state index is 12.7. The minimum absolute atomic E-state index is 0.271. The van der Waals surface area contributed by atoms with Gasteiger partial charge in [0.2, 0.25) is 0 Å². The molecule has 24 heavy (non-hydrogen) atoms. The van der Waals surface area contributed by atoms with Crippen molar-refractivity contribution in [3.8, 4) is 5.75 Å². The molecule has 1 amide bonds. The van der Waals surface area contributed by atoms with Gasteiger partial charge in [0.15, 0.2) is 5.76 Å². The van der Waals surface area contributed by atoms with E-state index in [-0.39, 0.29) is 11.7 Å². The molecule has 0 saturated heterocycles. The van der Waals surface area contributed by atoms with Gasteiger partial charge in [0.1, 0.15) is 11.3 Å². The Kier molecular flexibility index (Phi) is 4.82. The lowest BCUT2D eigenvalue weighted by Gasteiger charge is -2.07. The Morgan fingerprint density at radius 1 is 1.17 bits per heavy atom. The molecule has 0 radical (unpaired) electrons. The average Bonchev–Trinajstić information content (AvgIpc) is 2.99. The summed E-state index contributed by atoms with van der Waals surface area (Å²) in [5.41, 5.74) is 2.07. The van der Waals surface area contributed by atoms with E-state index in [1.54, 1.807) is 19.2 Å². The summed E-state index contributed by atoms with van der Waals surface area (Å²) < 4.78 is 16.4. The molecule has 0 aliphatic heterocycles. The van der Waals surface area contributed by atoms with Gasteiger partial charge < -0.3 is 19.2 Å². The van der Waals surface area contributed by atoms with Gasteiger partial charge in [0.25, 0.3) is 5.91 Å². The SMILES string of the molecule is CCOCc1c(C(=O)Nc2cccc(OC)c2)oc2ccccc12. The van der Waals surface area contributed by atoms with E-state index >= 15 is 0 Å². The van der Waals surface area contributed by atoms with Crippen LogP contribution >= 0.6 is 0 Å². The van der Waals surface area contributed by atoms with E-state index in [1.165, 1.54) is 0 Å². The molecule has 0 bridgehead atoms. The maximum Gasteiger partial charge on any atom is 0.291 e. The third kappa shape index (κ3) is 3.26. The summed E-state index contributed by atoms with van der Waals surface area (Å²) in [5.74, 6) is 0.633. The monoisotopic (exact) mass is 325 g/mol. The van der Waals surface area contributed by atoms with E-state index in [0.29, 0.717) is 30.2 Å². The van der Waals surface area contributed by atoms with Crippen LogP contribution in [-0.2, 0) is 11.3 Å². The first-order valence-corrected chi connectivity index (χ1v) is 7.76. The lowest BCUT2D eigenvalue weighted by atomic mass is 10.1. The van der Waals surface area contributed by atoms with Crippen LogP contribution in [0.25, 0.3) is 11.0 Å². The van der Waals surface area contributed by atoms with Crippen molar-refractivity contribution in [3.63, 3.8) is 0 Å². The zero-order valence-corrected chi connectivity index (χ0v) is 13.7. The summed E-state index contributed by atoms with van der Waals surface area (Å²) in [5, 5.41) is 3.73. The molecule has 3 aromatic rings. The zero-order chi connectivity index (χ0) is 16.9. The van der Waals surface area contributed by atoms with Crippen LogP contribution in [0.15, 0.2) is 52.9 Å². The van der Waals surface area contributed by atoms with Crippen molar-refractivity contribution in [1.29, 1.82) is 0 Å². The topological polar surface area (TPSA) is 60.7 Å². The Hall–Kier alpha value is -2.79. The quantitative estimate of drug-likeness (QED) is 0.737. The number of para-hydroxylation sites is 1. The number of hydrogen-bond acceptors (Lipinski definition) is 4. The average molecular weight is 325 g/mol. The fourth-order valence-corrected chi connectivity index (χ4v) is 2.52. The lowest BCUT2D eigenvalue weighted by molar-refractivity contribution is 0.0984. The van der Waals surface area contributed by atoms with Crippen LogP contribution in [0.3, 0.4) is 0 Å². The molecular weight excluding hydrogens is 306 g/mol. The second-order valence-electron chi connectivity index (χ2n) is 5.23. The number of carbonyl (C=O) groups excluding carboxylic acids is 1. The standard InChI is InChI=1S/C19H19NO4/c1-3-23-12-16-15-9-4-5-10-17(15)24-18(16)19(21)20-13-7-6-8-14(11-13)22-2/h4-11H,3,12H2,1-2H3,(H,20,21). The Labute approximate surface area is 140 Å². The van der Waals surface area contributed by atoms with Crippen LogP contribution < -0.4 is 10.1 Å². The van der Waals surface area contributed by atoms with Crippen LogP contribution in [0.1, 0.15) is 23.0 Å². The molecule has 3 rings (SSSR count). The molecule has 1 heterocycles. The van der Waals surface area contributed by atoms with Crippen molar-refractivity contribution in [1.82, 2.24) is 0 Å². The highest BCUT2D eigenvalue weighted by Gasteiger charge is 2.20. The van der Waals surface area contributed by atoms with E-state index in [9.17, 15) is 4.79 Å². The summed E-state index contributed by atoms with van der Waals surface area (Å²) >= 11 is 0. The van der Waals surface area contributed by atoms with Gasteiger partial charge >= 0.3 is 0 Å². The highest BCUT2D eigenvalue weighted by Crippen LogP contribution is 2.27. The van der Waals surface area contributed by atoms with Crippen molar-refractivity contribution in [3.05, 3.63) is 59.9 Å². The van der Waals surface area contributed by atoms with Crippen LogP contribution in [0.2, 0.25) is 0 Å². The largest absolute Gasteiger partial charge is 0.497 e. The van der Waals surface area contributed by atoms with Crippen LogP contribution in [0, 0.1) is 0 Å². The number of ether oxygens (including phenoxy) is 2. The molecule has 1 aromatic heterocycles. The predicted octanol–water partition coefficient (Wildman–Crippen LogP) is 4.23. The molecule has 5 heteroatoms. The summed E-state index contributed by atoms with van der Waals surface area (Å²) in [6.45, 7) is 2.81. The smallest absolute Gasteiger partial charge is 0.291 e. The van der Waals surface area contributed by atoms with Gasteiger partial charge in [-0.25, -0.2) is 0 Å². The van der Waals surface area contributed by atoms with Gasteiger partial charge in [-0.05, 0) is 25.1 Å². The van der Waals surface area contributed by atoms with Crippen molar-refractivity contribution in [2.24, 2.45) is 0 Å². The normalized spacial score (nSPS) is 10.8. The molecule has 0 saturated carbocycles. The number of anilines is 1. The summed E-state index contributed by atoms with van der Waals surface area (Å²) in [4.78, 5) is 12.7. The fourth-order valence-electron chi connectivity index (χ4n) is 2.52. The molecule has 2 aromatic carbocycles. The van der Waals surface area contributed by atoms with Crippen molar-refractivity contribution in [2.75, 3.05) is 19.0 Å². The fraction of sp³-hybridized carbons (Fsp3) is 0.211. The lowest BCUT2D eigenvalue weighted by Crippen LogP contribution is -2.13. The molecule has 0 spiro atoms. The molecule has 0 aliphatic carbocycles. The van der Waals surface area contributed by atoms with E-state index in [1.807, 2.05) is 43.3 Å². The van der Waals surface area contributed by atoms with E-state index < -0.39 is 0 Å². The number of nitrogens with one attached hydrogen (secondary N) is 1. The van der Waals surface area contributed by atoms with Crippen molar-refractivity contribution >= 4 is 22.6 Å². The third-order valence-electron chi connectivity index (χ3n) is 3.68. The minimum atomic E-state index is -0.311. The number of benzene rings is 2. The van der Waals surface area contributed by atoms with Crippen molar-refractivity contribution < 1.29 is 18.7 Å². The maximum absolute atomic E-state index is 12.7. The molecule has 0 unspecified atom stereocenters. The van der Waals surface area contributed by atoms with Crippen molar-refractivity contribution in [2.45, 2.75) is 13.5 Å². The second kappa shape index (κ2) is 7.19. The van der Waals surface area contributed by atoms with Gasteiger partial charge in [-0.2, -0.15) is 0 Å². The number of hydrogen-bond donors (Lipinski definition) is 1. The highest BCUT2D eigenvalue weighted by atomic mass is 16.5. The van der Waals surface area contributed by atoms with Gasteiger partial charge in [0, 0.05) is 29.3 Å². The van der Waals surface area contributed by atoms with Crippen LogP contribution in [-0.4, -0.2) is 19.6 Å². The van der Waals surface area contributed by atoms with Crippen LogP contribution in [0.5, 0.6) is 5.75 Å². The van der Waals surface area contributed by atoms with Crippen LogP contribution in [0.4, 0.5) is 5.69 Å². The van der Waals surface area contributed by atoms with Gasteiger partial charge in [0.05, 0.1) is 13.7 Å². The van der Waals surface area contributed by atoms with E-state index in [2.05, 4.69) is 5.32 Å². The zero-order valence-electron chi connectivity index (χ0n) is 13.7. The number of rotatable bonds is 6. The highest BCUT2D eigenvalue weighted by molar-refractivity contribution is 6.06. The number of methoxy groups -OCH3 is 1. The molecule has 0 atom stereocenters. The first kappa shape index (κ1) is 16.1. The summed E-state index contributed by atoms with van der Waals surface area (Å²) in [6, 6.07) is 14.7. The second-order valence-corrected chi connectivity index (χ2v) is 5.23. The number of carbonyl (C=O) groups is 1.